The van der Waals surface area contributed by atoms with Gasteiger partial charge in [0.25, 0.3) is 0 Å². The van der Waals surface area contributed by atoms with Crippen LogP contribution in [-0.2, 0) is 24.7 Å². The maximum absolute atomic E-state index is 14.1. The molecule has 6 nitrogen and oxygen atoms in total. The first-order chi connectivity index (χ1) is 53.6. The van der Waals surface area contributed by atoms with Gasteiger partial charge in [-0.1, -0.05) is 164 Å². The van der Waals surface area contributed by atoms with E-state index in [1.165, 1.54) is 0 Å². The lowest BCUT2D eigenvalue weighted by molar-refractivity contribution is -0.144. The largest absolute Gasteiger partial charge is 0.416 e. The van der Waals surface area contributed by atoms with Crippen molar-refractivity contribution in [3.05, 3.63) is 346 Å². The van der Waals surface area contributed by atoms with Gasteiger partial charge < -0.3 is 18.3 Å². The van der Waals surface area contributed by atoms with E-state index >= 15 is 0 Å². The molecule has 0 fully saturated rings. The van der Waals surface area contributed by atoms with Crippen LogP contribution in [0.2, 0.25) is 0 Å². The van der Waals surface area contributed by atoms with E-state index in [9.17, 15) is 52.7 Å². The summed E-state index contributed by atoms with van der Waals surface area (Å²) < 4.78 is 178. The van der Waals surface area contributed by atoms with Gasteiger partial charge in [0.05, 0.1) is 96.6 Å². The molecule has 0 saturated heterocycles. The predicted octanol–water partition coefficient (Wildman–Crippen LogP) is 28.8. The first-order valence-corrected chi connectivity index (χ1v) is 35.5. The maximum Gasteiger partial charge on any atom is 0.416 e. The van der Waals surface area contributed by atoms with Crippen LogP contribution in [-0.4, -0.2) is 18.3 Å². The van der Waals surface area contributed by atoms with E-state index in [-0.39, 0.29) is 34.4 Å². The molecule has 0 amide bonds. The number of aryl methyl sites for hydroxylation is 4. The zero-order valence-electron chi connectivity index (χ0n) is 59.8. The van der Waals surface area contributed by atoms with Gasteiger partial charge >= 0.3 is 24.7 Å². The average molecular weight is 1500 g/mol. The number of hydrogen-bond donors (Lipinski definition) is 0. The molecule has 4 heterocycles. The van der Waals surface area contributed by atoms with Crippen molar-refractivity contribution in [1.29, 1.82) is 0 Å². The van der Waals surface area contributed by atoms with Gasteiger partial charge in [-0.25, -0.2) is 9.69 Å². The molecule has 0 aliphatic rings. The van der Waals surface area contributed by atoms with Gasteiger partial charge in [-0.3, -0.25) is 0 Å². The molecule has 0 spiro atoms. The Bertz CT molecular complexity index is 6980. The fourth-order valence-corrected chi connectivity index (χ4v) is 15.9. The number of benzene rings is 14. The van der Waals surface area contributed by atoms with Crippen LogP contribution in [0, 0.1) is 40.8 Å². The second-order valence-electron chi connectivity index (χ2n) is 28.2. The number of alkyl halides is 12. The summed E-state index contributed by atoms with van der Waals surface area (Å²) in [4.78, 5) is 7.55. The number of aromatic nitrogens is 4. The van der Waals surface area contributed by atoms with Crippen LogP contribution in [0.15, 0.2) is 279 Å². The van der Waals surface area contributed by atoms with E-state index < -0.39 is 47.0 Å². The van der Waals surface area contributed by atoms with E-state index in [1.807, 2.05) is 182 Å². The number of halogens is 12. The normalized spacial score (nSPS) is 12.3. The Hall–Kier alpha value is -13.6. The summed E-state index contributed by atoms with van der Waals surface area (Å²) in [7, 11) is 0. The Balaban J connectivity index is 0.000000163. The van der Waals surface area contributed by atoms with Crippen molar-refractivity contribution in [2.45, 2.75) is 52.4 Å². The zero-order valence-corrected chi connectivity index (χ0v) is 59.8. The molecule has 14 aromatic carbocycles. The molecule has 0 atom stereocenters. The summed E-state index contributed by atoms with van der Waals surface area (Å²) in [6, 6.07) is 80.2. The van der Waals surface area contributed by atoms with Crippen LogP contribution in [0.4, 0.5) is 64.1 Å². The summed E-state index contributed by atoms with van der Waals surface area (Å²) in [5, 5.41) is 7.80. The Morgan fingerprint density at radius 1 is 0.223 bits per heavy atom. The van der Waals surface area contributed by atoms with Gasteiger partial charge in [-0.05, 0) is 193 Å². The van der Waals surface area contributed by atoms with Crippen LogP contribution in [0.25, 0.3) is 164 Å². The van der Waals surface area contributed by atoms with E-state index in [2.05, 4.69) is 61.3 Å². The van der Waals surface area contributed by atoms with Crippen LogP contribution in [0.1, 0.15) is 44.5 Å². The standard InChI is InChI=1S/2C47H29F6N3/c1-27-12-16-36-34-8-4-6-10-40(34)55(43(36)20-27)42-19-15-33(54-3)26-39(42)38-18-14-29(30-22-31(46(48,49)50)25-32(23-30)47(51,52)53)24-45(38)56-41-11-7-5-9-35(41)37-17-13-28(2)21-44(37)56;1-27-12-16-36-34-8-4-6-10-40(34)55(42(36)20-27)44-24-29(30-22-31(46(48,49)50)25-32(23-30)47(51,52)53)14-18-38(44)39-19-15-33(54-3)26-45(39)56-41-11-7-5-9-35(41)37-17-13-28(2)21-43(37)56/h2*4-26H,1-2H3. The Morgan fingerprint density at radius 3 is 0.812 bits per heavy atom. The topological polar surface area (TPSA) is 28.4 Å². The quantitative estimate of drug-likeness (QED) is 0.107. The lowest BCUT2D eigenvalue weighted by Crippen LogP contribution is -2.11. The van der Waals surface area contributed by atoms with Gasteiger partial charge in [-0.15, -0.1) is 0 Å². The highest BCUT2D eigenvalue weighted by molar-refractivity contribution is 6.14. The second-order valence-corrected chi connectivity index (χ2v) is 28.2. The fourth-order valence-electron chi connectivity index (χ4n) is 15.9. The Kier molecular flexibility index (Phi) is 17.0. The molecular formula is C94H58F12N6. The molecule has 18 heteroatoms. The van der Waals surface area contributed by atoms with Crippen molar-refractivity contribution in [2.24, 2.45) is 0 Å². The van der Waals surface area contributed by atoms with Crippen molar-refractivity contribution >= 4 is 98.6 Å². The SMILES string of the molecule is [C-]#[N+]c1ccc(-c2ccc(-c3cc(C(F)(F)F)cc(C(F)(F)F)c3)cc2-n2c3ccccc3c3ccc(C)cc32)c(-n2c3ccccc3c3ccc(C)cc32)c1.[C-]#[N+]c1ccc(-n2c3ccccc3c3ccc(C)cc32)c(-c2ccc(-c3cc(C(F)(F)F)cc(C(F)(F)F)c3)cc2-n2c3ccccc3c3ccc(C)cc32)c1. The minimum absolute atomic E-state index is 0.143. The molecule has 0 radical (unpaired) electrons. The van der Waals surface area contributed by atoms with Crippen molar-refractivity contribution in [3.8, 4) is 67.3 Å². The molecule has 4 aromatic heterocycles. The van der Waals surface area contributed by atoms with Gasteiger partial charge in [0, 0.05) is 65.5 Å². The number of rotatable bonds is 8. The molecule has 0 saturated carbocycles. The lowest BCUT2D eigenvalue weighted by Gasteiger charge is -2.21. The molecule has 112 heavy (non-hydrogen) atoms. The van der Waals surface area contributed by atoms with E-state index in [1.54, 1.807) is 54.6 Å². The third-order valence-electron chi connectivity index (χ3n) is 20.9. The van der Waals surface area contributed by atoms with Crippen LogP contribution < -0.4 is 0 Å². The number of para-hydroxylation sites is 4. The van der Waals surface area contributed by atoms with Crippen molar-refractivity contribution in [2.75, 3.05) is 0 Å². The monoisotopic (exact) mass is 1500 g/mol. The van der Waals surface area contributed by atoms with E-state index in [0.717, 1.165) is 139 Å². The van der Waals surface area contributed by atoms with Gasteiger partial charge in [0.2, 0.25) is 0 Å². The first-order valence-electron chi connectivity index (χ1n) is 35.5. The summed E-state index contributed by atoms with van der Waals surface area (Å²) in [6.07, 6.45) is -20.1. The molecule has 18 rings (SSSR count). The number of nitrogens with zero attached hydrogens (tertiary/aromatic N) is 6. The molecule has 548 valence electrons. The molecule has 0 unspecified atom stereocenters. The summed E-state index contributed by atoms with van der Waals surface area (Å²) in [6.45, 7) is 23.9. The third kappa shape index (κ3) is 12.4. The van der Waals surface area contributed by atoms with Crippen LogP contribution in [0.5, 0.6) is 0 Å². The molecule has 0 N–H and O–H groups in total. The average Bonchev–Trinajstić information content (AvgIpc) is 1.56. The highest BCUT2D eigenvalue weighted by Crippen LogP contribution is 2.49. The van der Waals surface area contributed by atoms with Crippen molar-refractivity contribution in [1.82, 2.24) is 18.3 Å². The molecule has 18 aromatic rings. The lowest BCUT2D eigenvalue weighted by atomic mass is 9.94. The third-order valence-corrected chi connectivity index (χ3v) is 20.9. The smallest absolute Gasteiger partial charge is 0.310 e. The molecule has 0 aliphatic carbocycles. The minimum atomic E-state index is -5.01. The predicted molar refractivity (Wildman–Crippen MR) is 423 cm³/mol. The van der Waals surface area contributed by atoms with Crippen LogP contribution >= 0.6 is 0 Å². The van der Waals surface area contributed by atoms with E-state index in [4.69, 9.17) is 13.1 Å². The fraction of sp³-hybridized carbons (Fsp3) is 0.0851. The molecule has 0 bridgehead atoms. The number of fused-ring (bicyclic) bond motifs is 12. The maximum atomic E-state index is 14.1. The Morgan fingerprint density at radius 2 is 0.491 bits per heavy atom. The summed E-state index contributed by atoms with van der Waals surface area (Å²) in [5.41, 5.74) is 11.2. The van der Waals surface area contributed by atoms with Gasteiger partial charge in [-0.2, -0.15) is 52.7 Å². The molecular weight excluding hydrogens is 1440 g/mol. The second kappa shape index (κ2) is 26.6. The first kappa shape index (κ1) is 71.3. The van der Waals surface area contributed by atoms with E-state index in [0.29, 0.717) is 50.7 Å². The minimum Gasteiger partial charge on any atom is -0.310 e. The highest BCUT2D eigenvalue weighted by Gasteiger charge is 2.39. The van der Waals surface area contributed by atoms with Crippen molar-refractivity contribution < 1.29 is 52.7 Å². The zero-order chi connectivity index (χ0) is 78.2. The van der Waals surface area contributed by atoms with Crippen molar-refractivity contribution in [3.63, 3.8) is 0 Å². The number of hydrogen-bond acceptors (Lipinski definition) is 0. The van der Waals surface area contributed by atoms with Crippen LogP contribution in [0.3, 0.4) is 0 Å². The summed E-state index contributed by atoms with van der Waals surface area (Å²) in [5.74, 6) is 0. The summed E-state index contributed by atoms with van der Waals surface area (Å²) >= 11 is 0. The highest BCUT2D eigenvalue weighted by atomic mass is 19.4. The molecule has 0 aliphatic heterocycles. The van der Waals surface area contributed by atoms with Gasteiger partial charge in [0.15, 0.2) is 11.4 Å². The Labute approximate surface area is 632 Å². The van der Waals surface area contributed by atoms with Gasteiger partial charge in [0.1, 0.15) is 0 Å².